The Bertz CT molecular complexity index is 469. The number of aryl methyl sites for hydroxylation is 1. The van der Waals surface area contributed by atoms with E-state index in [1.807, 2.05) is 0 Å². The highest BCUT2D eigenvalue weighted by Gasteiger charge is 2.30. The van der Waals surface area contributed by atoms with Crippen LogP contribution in [0.5, 0.6) is 0 Å². The van der Waals surface area contributed by atoms with Crippen molar-refractivity contribution < 1.29 is 4.79 Å². The third-order valence-electron chi connectivity index (χ3n) is 6.02. The lowest BCUT2D eigenvalue weighted by molar-refractivity contribution is -0.121. The largest absolute Gasteiger partial charge is 0.300 e. The van der Waals surface area contributed by atoms with E-state index in [1.165, 1.54) is 56.9 Å². The van der Waals surface area contributed by atoms with Crippen molar-refractivity contribution in [1.29, 1.82) is 0 Å². The van der Waals surface area contributed by atoms with Crippen LogP contribution in [0.1, 0.15) is 81.8 Å². The molecule has 22 heavy (non-hydrogen) atoms. The van der Waals surface area contributed by atoms with Gasteiger partial charge in [-0.1, -0.05) is 37.6 Å². The summed E-state index contributed by atoms with van der Waals surface area (Å²) in [6.07, 6.45) is 11.9. The highest BCUT2D eigenvalue weighted by molar-refractivity contribution is 5.79. The molecule has 0 atom stereocenters. The van der Waals surface area contributed by atoms with Crippen LogP contribution < -0.4 is 0 Å². The van der Waals surface area contributed by atoms with Crippen molar-refractivity contribution in [3.05, 3.63) is 35.4 Å². The Labute approximate surface area is 135 Å². The zero-order valence-electron chi connectivity index (χ0n) is 14.0. The summed E-state index contributed by atoms with van der Waals surface area (Å²) in [6.45, 7) is 2.24. The van der Waals surface area contributed by atoms with E-state index in [0.29, 0.717) is 5.78 Å². The predicted molar refractivity (Wildman–Crippen MR) is 92.1 cm³/mol. The summed E-state index contributed by atoms with van der Waals surface area (Å²) >= 11 is 0. The zero-order chi connectivity index (χ0) is 15.4. The molecule has 0 aromatic heterocycles. The molecule has 0 amide bonds. The maximum atomic E-state index is 11.4. The molecule has 1 nitrogen and oxygen atoms in total. The van der Waals surface area contributed by atoms with Gasteiger partial charge in [-0.15, -0.1) is 0 Å². The molecule has 2 aliphatic carbocycles. The van der Waals surface area contributed by atoms with Crippen LogP contribution in [0.15, 0.2) is 24.3 Å². The van der Waals surface area contributed by atoms with Crippen LogP contribution in [-0.2, 0) is 11.2 Å². The number of rotatable bonds is 4. The molecule has 0 spiro atoms. The minimum atomic E-state index is 0.497. The average Bonchev–Trinajstić information content (AvgIpc) is 2.57. The Hall–Kier alpha value is -1.11. The third-order valence-corrected chi connectivity index (χ3v) is 6.02. The molecule has 1 aromatic rings. The fraction of sp³-hybridized carbons (Fsp3) is 0.667. The Morgan fingerprint density at radius 2 is 1.45 bits per heavy atom. The van der Waals surface area contributed by atoms with E-state index in [1.54, 1.807) is 5.56 Å². The second-order valence-corrected chi connectivity index (χ2v) is 7.48. The molecule has 0 N–H and O–H groups in total. The van der Waals surface area contributed by atoms with Crippen molar-refractivity contribution in [2.45, 2.75) is 77.0 Å². The first kappa shape index (κ1) is 15.8. The van der Waals surface area contributed by atoms with Crippen LogP contribution in [0.4, 0.5) is 0 Å². The predicted octanol–water partition coefficient (Wildman–Crippen LogP) is 5.67. The van der Waals surface area contributed by atoms with Crippen molar-refractivity contribution in [3.63, 3.8) is 0 Å². The molecule has 0 saturated heterocycles. The van der Waals surface area contributed by atoms with E-state index in [4.69, 9.17) is 0 Å². The van der Waals surface area contributed by atoms with Gasteiger partial charge in [0, 0.05) is 12.8 Å². The van der Waals surface area contributed by atoms with Gasteiger partial charge in [0.05, 0.1) is 0 Å². The summed E-state index contributed by atoms with van der Waals surface area (Å²) in [7, 11) is 0. The van der Waals surface area contributed by atoms with E-state index in [2.05, 4.69) is 31.2 Å². The van der Waals surface area contributed by atoms with Gasteiger partial charge < -0.3 is 0 Å². The number of carbonyl (C=O) groups excluding carboxylic acids is 1. The number of benzene rings is 1. The van der Waals surface area contributed by atoms with Crippen LogP contribution in [-0.4, -0.2) is 5.78 Å². The number of ketones is 1. The summed E-state index contributed by atoms with van der Waals surface area (Å²) in [5.41, 5.74) is 3.03. The molecule has 0 aliphatic heterocycles. The highest BCUT2D eigenvalue weighted by Crippen LogP contribution is 2.42. The van der Waals surface area contributed by atoms with E-state index >= 15 is 0 Å². The second kappa shape index (κ2) is 7.44. The molecular weight excluding hydrogens is 268 g/mol. The van der Waals surface area contributed by atoms with Crippen molar-refractivity contribution in [1.82, 2.24) is 0 Å². The monoisotopic (exact) mass is 298 g/mol. The van der Waals surface area contributed by atoms with Gasteiger partial charge in [0.1, 0.15) is 5.78 Å². The molecule has 120 valence electrons. The lowest BCUT2D eigenvalue weighted by Crippen LogP contribution is -2.25. The van der Waals surface area contributed by atoms with Crippen LogP contribution >= 0.6 is 0 Å². The molecule has 0 unspecified atom stereocenters. The number of carbonyl (C=O) groups is 1. The summed E-state index contributed by atoms with van der Waals surface area (Å²) in [6, 6.07) is 9.40. The smallest absolute Gasteiger partial charge is 0.132 e. The van der Waals surface area contributed by atoms with E-state index in [0.717, 1.165) is 30.6 Å². The summed E-state index contributed by atoms with van der Waals surface area (Å²) < 4.78 is 0. The summed E-state index contributed by atoms with van der Waals surface area (Å²) in [5, 5.41) is 0. The maximum Gasteiger partial charge on any atom is 0.132 e. The zero-order valence-corrected chi connectivity index (χ0v) is 14.0. The molecule has 2 aliphatic rings. The van der Waals surface area contributed by atoms with Crippen LogP contribution in [0.2, 0.25) is 0 Å². The Kier molecular flexibility index (Phi) is 5.33. The first-order chi connectivity index (χ1) is 10.8. The van der Waals surface area contributed by atoms with Gasteiger partial charge in [0.25, 0.3) is 0 Å². The van der Waals surface area contributed by atoms with E-state index in [-0.39, 0.29) is 0 Å². The lowest BCUT2D eigenvalue weighted by Gasteiger charge is -2.35. The van der Waals surface area contributed by atoms with Gasteiger partial charge >= 0.3 is 0 Å². The van der Waals surface area contributed by atoms with Crippen LogP contribution in [0.25, 0.3) is 0 Å². The Balaban J connectivity index is 1.51. The first-order valence-electron chi connectivity index (χ1n) is 9.36. The molecule has 0 heterocycles. The van der Waals surface area contributed by atoms with Crippen molar-refractivity contribution >= 4 is 5.78 Å². The number of Topliss-reactive ketones (excluding diaryl/α,β-unsaturated/α-hetero) is 1. The summed E-state index contributed by atoms with van der Waals surface area (Å²) in [4.78, 5) is 11.4. The van der Waals surface area contributed by atoms with Gasteiger partial charge in [0.2, 0.25) is 0 Å². The summed E-state index contributed by atoms with van der Waals surface area (Å²) in [5.74, 6) is 3.00. The fourth-order valence-electron chi connectivity index (χ4n) is 4.60. The van der Waals surface area contributed by atoms with Crippen LogP contribution in [0.3, 0.4) is 0 Å². The standard InChI is InChI=1S/C21H30O/c1-2-3-16-4-6-17(7-5-16)18-8-10-19(11-9-18)20-12-14-21(22)15-13-20/h4-7,18-20H,2-3,8-15H2,1H3. The SMILES string of the molecule is CCCc1ccc(C2CCC(C3CCC(=O)CC3)CC2)cc1. The normalized spacial score (nSPS) is 27.0. The van der Waals surface area contributed by atoms with Crippen LogP contribution in [0, 0.1) is 11.8 Å². The quantitative estimate of drug-likeness (QED) is 0.699. The van der Waals surface area contributed by atoms with Crippen molar-refractivity contribution in [2.24, 2.45) is 11.8 Å². The van der Waals surface area contributed by atoms with Crippen molar-refractivity contribution in [3.8, 4) is 0 Å². The topological polar surface area (TPSA) is 17.1 Å². The van der Waals surface area contributed by atoms with Gasteiger partial charge in [0.15, 0.2) is 0 Å². The average molecular weight is 298 g/mol. The highest BCUT2D eigenvalue weighted by atomic mass is 16.1. The minimum absolute atomic E-state index is 0.497. The number of hydrogen-bond acceptors (Lipinski definition) is 1. The van der Waals surface area contributed by atoms with E-state index < -0.39 is 0 Å². The van der Waals surface area contributed by atoms with E-state index in [9.17, 15) is 4.79 Å². The molecule has 1 aromatic carbocycles. The maximum absolute atomic E-state index is 11.4. The van der Waals surface area contributed by atoms with Gasteiger partial charge in [-0.2, -0.15) is 0 Å². The van der Waals surface area contributed by atoms with Crippen molar-refractivity contribution in [2.75, 3.05) is 0 Å². The molecule has 3 rings (SSSR count). The Morgan fingerprint density at radius 1 is 0.864 bits per heavy atom. The van der Waals surface area contributed by atoms with Gasteiger partial charge in [-0.05, 0) is 73.8 Å². The molecule has 1 heteroatoms. The lowest BCUT2D eigenvalue weighted by atomic mass is 9.70. The molecule has 0 radical (unpaired) electrons. The van der Waals surface area contributed by atoms with Gasteiger partial charge in [-0.3, -0.25) is 4.79 Å². The molecular formula is C21H30O. The molecule has 2 fully saturated rings. The molecule has 2 saturated carbocycles. The second-order valence-electron chi connectivity index (χ2n) is 7.48. The fourth-order valence-corrected chi connectivity index (χ4v) is 4.60. The number of hydrogen-bond donors (Lipinski definition) is 0. The molecule has 0 bridgehead atoms. The minimum Gasteiger partial charge on any atom is -0.300 e. The Morgan fingerprint density at radius 3 is 2.05 bits per heavy atom. The first-order valence-corrected chi connectivity index (χ1v) is 9.36. The van der Waals surface area contributed by atoms with Gasteiger partial charge in [-0.25, -0.2) is 0 Å². The third kappa shape index (κ3) is 3.80.